The molecule has 1 heterocycles. The van der Waals surface area contributed by atoms with Crippen LogP contribution in [0.2, 0.25) is 0 Å². The van der Waals surface area contributed by atoms with Crippen LogP contribution in [0.4, 0.5) is 17.1 Å². The molecule has 2 aliphatic rings. The Kier molecular flexibility index (Phi) is 5.89. The van der Waals surface area contributed by atoms with Crippen molar-refractivity contribution in [3.05, 3.63) is 176 Å². The maximum absolute atomic E-state index is 2.47. The molecule has 9 aromatic rings. The van der Waals surface area contributed by atoms with Crippen LogP contribution in [0.25, 0.3) is 86.9 Å². The summed E-state index contributed by atoms with van der Waals surface area (Å²) in [5.41, 5.74) is 18.8. The van der Waals surface area contributed by atoms with E-state index in [4.69, 9.17) is 0 Å². The zero-order chi connectivity index (χ0) is 32.8. The van der Waals surface area contributed by atoms with E-state index in [1.54, 1.807) is 0 Å². The second-order valence-electron chi connectivity index (χ2n) is 13.2. The summed E-state index contributed by atoms with van der Waals surface area (Å²) in [6.45, 7) is 0. The van der Waals surface area contributed by atoms with Gasteiger partial charge in [0.05, 0.1) is 5.69 Å². The molecule has 0 saturated heterocycles. The second kappa shape index (κ2) is 10.6. The van der Waals surface area contributed by atoms with Gasteiger partial charge >= 0.3 is 0 Å². The highest BCUT2D eigenvalue weighted by atomic mass is 32.1. The molecule has 2 heteroatoms. The van der Waals surface area contributed by atoms with Crippen LogP contribution in [-0.2, 0) is 0 Å². The van der Waals surface area contributed by atoms with Gasteiger partial charge in [-0.05, 0) is 97.6 Å². The van der Waals surface area contributed by atoms with Crippen LogP contribution in [0.1, 0.15) is 0 Å². The molecule has 1 nitrogen and oxygen atoms in total. The lowest BCUT2D eigenvalue weighted by Gasteiger charge is -2.29. The lowest BCUT2D eigenvalue weighted by Crippen LogP contribution is -2.11. The Balaban J connectivity index is 1.20. The molecule has 0 radical (unpaired) electrons. The molecule has 0 aliphatic heterocycles. The van der Waals surface area contributed by atoms with Crippen LogP contribution in [-0.4, -0.2) is 0 Å². The minimum absolute atomic E-state index is 1.14. The molecule has 0 N–H and O–H groups in total. The third kappa shape index (κ3) is 3.94. The van der Waals surface area contributed by atoms with Crippen molar-refractivity contribution in [3.8, 4) is 66.8 Å². The van der Waals surface area contributed by atoms with Gasteiger partial charge in [0.2, 0.25) is 0 Å². The van der Waals surface area contributed by atoms with Gasteiger partial charge < -0.3 is 4.90 Å². The molecule has 8 aromatic carbocycles. The normalized spacial score (nSPS) is 12.0. The van der Waals surface area contributed by atoms with E-state index in [0.717, 1.165) is 17.1 Å². The van der Waals surface area contributed by atoms with Crippen molar-refractivity contribution < 1.29 is 0 Å². The van der Waals surface area contributed by atoms with Gasteiger partial charge in [-0.2, -0.15) is 0 Å². The van der Waals surface area contributed by atoms with Crippen molar-refractivity contribution in [2.24, 2.45) is 0 Å². The van der Waals surface area contributed by atoms with Crippen LogP contribution < -0.4 is 4.90 Å². The van der Waals surface area contributed by atoms with E-state index in [2.05, 4.69) is 181 Å². The summed E-state index contributed by atoms with van der Waals surface area (Å²) in [7, 11) is 0. The summed E-state index contributed by atoms with van der Waals surface area (Å²) >= 11 is 1.87. The first-order chi connectivity index (χ1) is 24.8. The number of para-hydroxylation sites is 1. The maximum atomic E-state index is 2.47. The van der Waals surface area contributed by atoms with Crippen molar-refractivity contribution in [1.29, 1.82) is 0 Å². The topological polar surface area (TPSA) is 3.24 Å². The molecule has 0 atom stereocenters. The Labute approximate surface area is 295 Å². The number of thiophene rings is 1. The fraction of sp³-hybridized carbons (Fsp3) is 0. The average molecular weight is 652 g/mol. The Hall–Kier alpha value is -6.22. The SMILES string of the molecule is c1ccc(-c2ccccc2N(c2ccc3c(c2)-c2c4cccc2-c2cccc-3c2-c2ccccc2-4)c2ccc3c(c2)sc2ccccc23)cc1. The number of rotatable bonds is 4. The van der Waals surface area contributed by atoms with Crippen molar-refractivity contribution in [2.75, 3.05) is 4.90 Å². The van der Waals surface area contributed by atoms with Gasteiger partial charge in [0.15, 0.2) is 0 Å². The van der Waals surface area contributed by atoms with E-state index in [0.29, 0.717) is 0 Å². The van der Waals surface area contributed by atoms with E-state index in [1.165, 1.54) is 86.9 Å². The zero-order valence-corrected chi connectivity index (χ0v) is 27.9. The first-order valence-electron chi connectivity index (χ1n) is 17.2. The molecule has 1 aromatic heterocycles. The van der Waals surface area contributed by atoms with Crippen LogP contribution in [0.5, 0.6) is 0 Å². The van der Waals surface area contributed by atoms with Crippen LogP contribution in [0.3, 0.4) is 0 Å². The molecule has 6 bridgehead atoms. The van der Waals surface area contributed by atoms with E-state index in [-0.39, 0.29) is 0 Å². The fourth-order valence-corrected chi connectivity index (χ4v) is 9.58. The second-order valence-corrected chi connectivity index (χ2v) is 14.3. The molecule has 0 spiro atoms. The van der Waals surface area contributed by atoms with Gasteiger partial charge in [0, 0.05) is 37.1 Å². The molecule has 232 valence electrons. The van der Waals surface area contributed by atoms with E-state index >= 15 is 0 Å². The monoisotopic (exact) mass is 651 g/mol. The van der Waals surface area contributed by atoms with Crippen molar-refractivity contribution in [3.63, 3.8) is 0 Å². The first kappa shape index (κ1) is 27.7. The van der Waals surface area contributed by atoms with E-state index in [9.17, 15) is 0 Å². The van der Waals surface area contributed by atoms with Crippen LogP contribution in [0.15, 0.2) is 176 Å². The minimum atomic E-state index is 1.14. The molecule has 0 saturated carbocycles. The molecule has 0 unspecified atom stereocenters. The van der Waals surface area contributed by atoms with Crippen molar-refractivity contribution in [2.45, 2.75) is 0 Å². The van der Waals surface area contributed by atoms with E-state index < -0.39 is 0 Å². The quantitative estimate of drug-likeness (QED) is 0.183. The van der Waals surface area contributed by atoms with Crippen molar-refractivity contribution in [1.82, 2.24) is 0 Å². The Morgan fingerprint density at radius 3 is 1.66 bits per heavy atom. The summed E-state index contributed by atoms with van der Waals surface area (Å²) in [5.74, 6) is 0. The van der Waals surface area contributed by atoms with Gasteiger partial charge in [0.25, 0.3) is 0 Å². The van der Waals surface area contributed by atoms with E-state index in [1.807, 2.05) is 11.3 Å². The fourth-order valence-electron chi connectivity index (χ4n) is 8.44. The largest absolute Gasteiger partial charge is 0.310 e. The average Bonchev–Trinajstić information content (AvgIpc) is 3.50. The molecule has 0 fully saturated rings. The molecular weight excluding hydrogens is 623 g/mol. The van der Waals surface area contributed by atoms with Gasteiger partial charge in [-0.15, -0.1) is 11.3 Å². The first-order valence-corrected chi connectivity index (χ1v) is 18.0. The summed E-state index contributed by atoms with van der Waals surface area (Å²) in [4.78, 5) is 2.47. The van der Waals surface area contributed by atoms with Gasteiger partial charge in [-0.1, -0.05) is 140 Å². The number of anilines is 3. The predicted molar refractivity (Wildman–Crippen MR) is 214 cm³/mol. The standard InChI is InChI=1S/C48H29NS/c1-2-12-30(13-3-1)33-14-6-8-22-44(33)49(32-25-27-37-36-16-7-9-23-45(36)50-46(37)29-32)31-24-26-35-40-19-11-20-41-42-21-10-18-39(48(42)43(35)28-31)34-15-4-5-17-38(34)47(40)41/h1-29H. The number of benzene rings is 8. The highest BCUT2D eigenvalue weighted by molar-refractivity contribution is 7.25. The number of nitrogens with zero attached hydrogens (tertiary/aromatic N) is 1. The molecule has 11 rings (SSSR count). The third-order valence-corrected chi connectivity index (χ3v) is 11.7. The van der Waals surface area contributed by atoms with Crippen molar-refractivity contribution >= 4 is 48.6 Å². The minimum Gasteiger partial charge on any atom is -0.310 e. The Bertz CT molecular complexity index is 2800. The summed E-state index contributed by atoms with van der Waals surface area (Å²) in [6, 6.07) is 65.1. The molecule has 50 heavy (non-hydrogen) atoms. The molecule has 2 aliphatic carbocycles. The van der Waals surface area contributed by atoms with Crippen LogP contribution in [0, 0.1) is 0 Å². The van der Waals surface area contributed by atoms with Gasteiger partial charge in [-0.3, -0.25) is 0 Å². The summed E-state index contributed by atoms with van der Waals surface area (Å²) in [6.07, 6.45) is 0. The highest BCUT2D eigenvalue weighted by Crippen LogP contribution is 2.58. The van der Waals surface area contributed by atoms with Gasteiger partial charge in [-0.25, -0.2) is 0 Å². The molecule has 0 amide bonds. The smallest absolute Gasteiger partial charge is 0.0540 e. The number of hydrogen-bond acceptors (Lipinski definition) is 2. The highest BCUT2D eigenvalue weighted by Gasteiger charge is 2.31. The summed E-state index contributed by atoms with van der Waals surface area (Å²) in [5, 5.41) is 2.62. The van der Waals surface area contributed by atoms with Crippen LogP contribution >= 0.6 is 11.3 Å². The third-order valence-electron chi connectivity index (χ3n) is 10.6. The zero-order valence-electron chi connectivity index (χ0n) is 27.1. The summed E-state index contributed by atoms with van der Waals surface area (Å²) < 4.78 is 2.61. The lowest BCUT2D eigenvalue weighted by molar-refractivity contribution is 1.29. The van der Waals surface area contributed by atoms with Gasteiger partial charge in [0.1, 0.15) is 0 Å². The Morgan fingerprint density at radius 2 is 0.860 bits per heavy atom. The number of fused-ring (bicyclic) bond motifs is 7. The Morgan fingerprint density at radius 1 is 0.320 bits per heavy atom. The number of hydrogen-bond donors (Lipinski definition) is 0. The lowest BCUT2D eigenvalue weighted by atomic mass is 9.83. The predicted octanol–water partition coefficient (Wildman–Crippen LogP) is 14.2. The molecular formula is C48H29NS. The maximum Gasteiger partial charge on any atom is 0.0540 e.